The van der Waals surface area contributed by atoms with E-state index in [1.807, 2.05) is 6.92 Å². The molecule has 8 heteroatoms. The van der Waals surface area contributed by atoms with E-state index in [4.69, 9.17) is 17.0 Å². The minimum absolute atomic E-state index is 0.00982. The zero-order valence-corrected chi connectivity index (χ0v) is 14.7. The summed E-state index contributed by atoms with van der Waals surface area (Å²) in [5.74, 6) is 0.418. The van der Waals surface area contributed by atoms with Gasteiger partial charge in [-0.1, -0.05) is 0 Å². The number of non-ortho nitro benzene ring substituents is 1. The zero-order chi connectivity index (χ0) is 18.7. The van der Waals surface area contributed by atoms with E-state index in [-0.39, 0.29) is 16.7 Å². The van der Waals surface area contributed by atoms with Gasteiger partial charge in [0.15, 0.2) is 5.11 Å². The van der Waals surface area contributed by atoms with E-state index >= 15 is 0 Å². The van der Waals surface area contributed by atoms with Gasteiger partial charge in [0.1, 0.15) is 11.4 Å². The standard InChI is InChI=1S/C18H15N3O4S/c1-2-25-15-9-7-13(8-10-15)20-17(22)16(19-18(20)26)11-12-3-5-14(6-4-12)21(23)24/h3-11H,2H2,1H3,(H,19,26)/b16-11-. The van der Waals surface area contributed by atoms with Crippen molar-refractivity contribution in [3.63, 3.8) is 0 Å². The van der Waals surface area contributed by atoms with Crippen molar-refractivity contribution in [1.82, 2.24) is 5.32 Å². The van der Waals surface area contributed by atoms with Gasteiger partial charge in [-0.2, -0.15) is 0 Å². The van der Waals surface area contributed by atoms with E-state index in [0.717, 1.165) is 0 Å². The Kier molecular flexibility index (Phi) is 4.94. The number of ether oxygens (including phenoxy) is 1. The maximum Gasteiger partial charge on any atom is 0.281 e. The number of benzene rings is 2. The lowest BCUT2D eigenvalue weighted by Crippen LogP contribution is -2.30. The molecule has 2 aromatic carbocycles. The Morgan fingerprint density at radius 3 is 2.42 bits per heavy atom. The van der Waals surface area contributed by atoms with Gasteiger partial charge in [0.2, 0.25) is 0 Å². The van der Waals surface area contributed by atoms with Crippen LogP contribution in [0.5, 0.6) is 5.75 Å². The van der Waals surface area contributed by atoms with Crippen molar-refractivity contribution in [3.8, 4) is 5.75 Å². The van der Waals surface area contributed by atoms with Gasteiger partial charge in [0, 0.05) is 12.1 Å². The third kappa shape index (κ3) is 3.55. The normalized spacial score (nSPS) is 15.3. The first-order valence-corrected chi connectivity index (χ1v) is 8.25. The Labute approximate surface area is 155 Å². The van der Waals surface area contributed by atoms with Gasteiger partial charge in [0.25, 0.3) is 11.6 Å². The van der Waals surface area contributed by atoms with Gasteiger partial charge < -0.3 is 10.1 Å². The molecule has 0 bridgehead atoms. The molecule has 0 saturated carbocycles. The number of carbonyl (C=O) groups is 1. The maximum atomic E-state index is 12.7. The number of carbonyl (C=O) groups excluding carboxylic acids is 1. The van der Waals surface area contributed by atoms with Crippen molar-refractivity contribution in [2.75, 3.05) is 11.5 Å². The Balaban J connectivity index is 1.82. The van der Waals surface area contributed by atoms with Crippen molar-refractivity contribution in [1.29, 1.82) is 0 Å². The van der Waals surface area contributed by atoms with E-state index in [1.54, 1.807) is 42.5 Å². The van der Waals surface area contributed by atoms with Gasteiger partial charge in [-0.05, 0) is 67.2 Å². The van der Waals surface area contributed by atoms with Crippen molar-refractivity contribution in [3.05, 3.63) is 69.9 Å². The third-order valence-corrected chi connectivity index (χ3v) is 3.98. The summed E-state index contributed by atoms with van der Waals surface area (Å²) in [4.78, 5) is 24.3. The molecule has 3 rings (SSSR count). The van der Waals surface area contributed by atoms with Crippen LogP contribution in [0.1, 0.15) is 12.5 Å². The number of rotatable bonds is 5. The largest absolute Gasteiger partial charge is 0.494 e. The first-order chi connectivity index (χ1) is 12.5. The second kappa shape index (κ2) is 7.32. The minimum atomic E-state index is -0.474. The molecule has 26 heavy (non-hydrogen) atoms. The van der Waals surface area contributed by atoms with Crippen LogP contribution < -0.4 is 15.0 Å². The first kappa shape index (κ1) is 17.6. The molecular formula is C18H15N3O4S. The molecule has 0 radical (unpaired) electrons. The molecule has 0 atom stereocenters. The van der Waals surface area contributed by atoms with E-state index in [0.29, 0.717) is 29.3 Å². The van der Waals surface area contributed by atoms with Crippen LogP contribution in [0.2, 0.25) is 0 Å². The Bertz CT molecular complexity index is 892. The molecule has 1 aliphatic rings. The molecule has 0 spiro atoms. The molecule has 132 valence electrons. The van der Waals surface area contributed by atoms with Crippen LogP contribution in [-0.4, -0.2) is 22.5 Å². The van der Waals surface area contributed by atoms with Crippen LogP contribution in [0.15, 0.2) is 54.2 Å². The minimum Gasteiger partial charge on any atom is -0.494 e. The second-order valence-electron chi connectivity index (χ2n) is 5.40. The van der Waals surface area contributed by atoms with Crippen LogP contribution in [0, 0.1) is 10.1 Å². The highest BCUT2D eigenvalue weighted by Gasteiger charge is 2.31. The molecule has 1 amide bonds. The van der Waals surface area contributed by atoms with E-state index in [9.17, 15) is 14.9 Å². The Morgan fingerprint density at radius 1 is 1.19 bits per heavy atom. The number of amides is 1. The molecular weight excluding hydrogens is 354 g/mol. The summed E-state index contributed by atoms with van der Waals surface area (Å²) in [6.07, 6.45) is 1.60. The third-order valence-electron chi connectivity index (χ3n) is 3.70. The lowest BCUT2D eigenvalue weighted by molar-refractivity contribution is -0.384. The molecule has 1 aliphatic heterocycles. The molecule has 0 unspecified atom stereocenters. The molecule has 7 nitrogen and oxygen atoms in total. The zero-order valence-electron chi connectivity index (χ0n) is 13.8. The number of nitrogens with zero attached hydrogens (tertiary/aromatic N) is 2. The molecule has 1 fully saturated rings. The lowest BCUT2D eigenvalue weighted by atomic mass is 10.1. The second-order valence-corrected chi connectivity index (χ2v) is 5.79. The van der Waals surface area contributed by atoms with E-state index < -0.39 is 4.92 Å². The predicted octanol–water partition coefficient (Wildman–Crippen LogP) is 3.26. The van der Waals surface area contributed by atoms with Gasteiger partial charge in [-0.15, -0.1) is 0 Å². The fraction of sp³-hybridized carbons (Fsp3) is 0.111. The van der Waals surface area contributed by atoms with Crippen molar-refractivity contribution >= 4 is 40.7 Å². The average Bonchev–Trinajstić information content (AvgIpc) is 2.90. The number of nitro groups is 1. The molecule has 2 aromatic rings. The summed E-state index contributed by atoms with van der Waals surface area (Å²) in [6.45, 7) is 2.45. The van der Waals surface area contributed by atoms with E-state index in [1.165, 1.54) is 17.0 Å². The predicted molar refractivity (Wildman–Crippen MR) is 102 cm³/mol. The fourth-order valence-corrected chi connectivity index (χ4v) is 2.78. The quantitative estimate of drug-likeness (QED) is 0.377. The maximum absolute atomic E-state index is 12.7. The average molecular weight is 369 g/mol. The number of anilines is 1. The first-order valence-electron chi connectivity index (χ1n) is 7.84. The highest BCUT2D eigenvalue weighted by Crippen LogP contribution is 2.25. The molecule has 0 aliphatic carbocycles. The SMILES string of the molecule is CCOc1ccc(N2C(=O)/C(=C/c3ccc([N+](=O)[O-])cc3)NC2=S)cc1. The molecule has 0 aromatic heterocycles. The van der Waals surface area contributed by atoms with Crippen LogP contribution in [0.4, 0.5) is 11.4 Å². The smallest absolute Gasteiger partial charge is 0.281 e. The Hall–Kier alpha value is -3.26. The molecule has 1 N–H and O–H groups in total. The summed E-state index contributed by atoms with van der Waals surface area (Å²) in [5, 5.41) is 13.9. The van der Waals surface area contributed by atoms with Crippen molar-refractivity contribution in [2.45, 2.75) is 6.92 Å². The topological polar surface area (TPSA) is 84.7 Å². The summed E-state index contributed by atoms with van der Waals surface area (Å²) >= 11 is 5.26. The van der Waals surface area contributed by atoms with Gasteiger partial charge in [-0.25, -0.2) is 0 Å². The van der Waals surface area contributed by atoms with Crippen LogP contribution in [0.3, 0.4) is 0 Å². The molecule has 1 saturated heterocycles. The Morgan fingerprint density at radius 2 is 1.85 bits per heavy atom. The monoisotopic (exact) mass is 369 g/mol. The summed E-state index contributed by atoms with van der Waals surface area (Å²) in [6, 6.07) is 13.0. The molecule has 1 heterocycles. The number of hydrogen-bond donors (Lipinski definition) is 1. The highest BCUT2D eigenvalue weighted by molar-refractivity contribution is 7.80. The van der Waals surface area contributed by atoms with Crippen LogP contribution in [-0.2, 0) is 4.79 Å². The summed E-state index contributed by atoms with van der Waals surface area (Å²) in [5.41, 5.74) is 1.58. The number of thiocarbonyl (C=S) groups is 1. The van der Waals surface area contributed by atoms with Gasteiger partial charge >= 0.3 is 0 Å². The van der Waals surface area contributed by atoms with Crippen molar-refractivity contribution in [2.24, 2.45) is 0 Å². The number of hydrogen-bond acceptors (Lipinski definition) is 5. The van der Waals surface area contributed by atoms with Crippen molar-refractivity contribution < 1.29 is 14.5 Å². The van der Waals surface area contributed by atoms with Gasteiger partial charge in [0.05, 0.1) is 17.2 Å². The fourth-order valence-electron chi connectivity index (χ4n) is 2.49. The van der Waals surface area contributed by atoms with Crippen LogP contribution in [0.25, 0.3) is 6.08 Å². The number of nitro benzene ring substituents is 1. The summed E-state index contributed by atoms with van der Waals surface area (Å²) < 4.78 is 5.39. The number of nitrogens with one attached hydrogen (secondary N) is 1. The highest BCUT2D eigenvalue weighted by atomic mass is 32.1. The van der Waals surface area contributed by atoms with Crippen LogP contribution >= 0.6 is 12.2 Å². The lowest BCUT2D eigenvalue weighted by Gasteiger charge is -2.14. The summed E-state index contributed by atoms with van der Waals surface area (Å²) in [7, 11) is 0. The van der Waals surface area contributed by atoms with Gasteiger partial charge in [-0.3, -0.25) is 19.8 Å². The van der Waals surface area contributed by atoms with E-state index in [2.05, 4.69) is 5.32 Å².